The molecule has 24 heavy (non-hydrogen) atoms. The number of hydrogen-bond donors (Lipinski definition) is 0. The third kappa shape index (κ3) is 3.63. The van der Waals surface area contributed by atoms with Crippen LogP contribution in [0.4, 0.5) is 0 Å². The van der Waals surface area contributed by atoms with E-state index >= 15 is 0 Å². The monoisotopic (exact) mass is 342 g/mol. The summed E-state index contributed by atoms with van der Waals surface area (Å²) in [5.74, 6) is 0.122. The maximum atomic E-state index is 12.1. The quantitative estimate of drug-likeness (QED) is 0.647. The van der Waals surface area contributed by atoms with Gasteiger partial charge in [-0.25, -0.2) is 4.79 Å². The summed E-state index contributed by atoms with van der Waals surface area (Å²) >= 11 is 5.88. The van der Waals surface area contributed by atoms with Crippen LogP contribution in [0.1, 0.15) is 34.8 Å². The molecule has 0 aliphatic rings. The van der Waals surface area contributed by atoms with Crippen LogP contribution >= 0.6 is 11.6 Å². The summed E-state index contributed by atoms with van der Waals surface area (Å²) in [6.45, 7) is 3.68. The minimum absolute atomic E-state index is 0.237. The van der Waals surface area contributed by atoms with E-state index in [0.29, 0.717) is 16.5 Å². The van der Waals surface area contributed by atoms with E-state index in [4.69, 9.17) is 20.8 Å². The first-order chi connectivity index (χ1) is 11.5. The fourth-order valence-electron chi connectivity index (χ4n) is 2.11. The first-order valence-electron chi connectivity index (χ1n) is 7.40. The molecule has 0 bridgehead atoms. The van der Waals surface area contributed by atoms with Crippen LogP contribution in [0.3, 0.4) is 0 Å². The van der Waals surface area contributed by atoms with Crippen LogP contribution in [0, 0.1) is 6.92 Å². The Hall–Kier alpha value is -2.66. The summed E-state index contributed by atoms with van der Waals surface area (Å²) in [6, 6.07) is 14.3. The highest BCUT2D eigenvalue weighted by molar-refractivity contribution is 6.30. The van der Waals surface area contributed by atoms with Crippen molar-refractivity contribution in [1.29, 1.82) is 0 Å². The Morgan fingerprint density at radius 3 is 2.62 bits per heavy atom. The highest BCUT2D eigenvalue weighted by atomic mass is 35.5. The van der Waals surface area contributed by atoms with Gasteiger partial charge in [0.05, 0.1) is 5.56 Å². The van der Waals surface area contributed by atoms with Crippen molar-refractivity contribution in [2.75, 3.05) is 0 Å². The van der Waals surface area contributed by atoms with Crippen molar-refractivity contribution in [3.05, 3.63) is 70.6 Å². The van der Waals surface area contributed by atoms with Crippen molar-refractivity contribution in [3.63, 3.8) is 0 Å². The van der Waals surface area contributed by atoms with E-state index in [2.05, 4.69) is 10.2 Å². The lowest BCUT2D eigenvalue weighted by Gasteiger charge is -2.09. The number of halogens is 1. The molecule has 0 saturated carbocycles. The van der Waals surface area contributed by atoms with E-state index < -0.39 is 12.1 Å². The standard InChI is InChI=1S/C18H15ClN2O3/c1-11-6-8-13(9-7-11)17-21-20-16(24-17)12(2)23-18(22)14-4-3-5-15(19)10-14/h3-10,12H,1-2H3/t12-/m0/s1. The van der Waals surface area contributed by atoms with Gasteiger partial charge in [-0.3, -0.25) is 0 Å². The average Bonchev–Trinajstić information content (AvgIpc) is 3.05. The van der Waals surface area contributed by atoms with E-state index in [1.54, 1.807) is 31.2 Å². The number of carbonyl (C=O) groups is 1. The number of carbonyl (C=O) groups excluding carboxylic acids is 1. The van der Waals surface area contributed by atoms with E-state index in [0.717, 1.165) is 11.1 Å². The molecule has 1 atom stereocenters. The lowest BCUT2D eigenvalue weighted by molar-refractivity contribution is 0.0280. The van der Waals surface area contributed by atoms with E-state index in [-0.39, 0.29) is 5.89 Å². The van der Waals surface area contributed by atoms with Crippen molar-refractivity contribution >= 4 is 17.6 Å². The molecule has 0 unspecified atom stereocenters. The van der Waals surface area contributed by atoms with Gasteiger partial charge in [-0.1, -0.05) is 35.4 Å². The molecule has 0 amide bonds. The molecule has 0 saturated heterocycles. The van der Waals surface area contributed by atoms with E-state index in [1.807, 2.05) is 31.2 Å². The fourth-order valence-corrected chi connectivity index (χ4v) is 2.30. The van der Waals surface area contributed by atoms with Crippen LogP contribution in [-0.4, -0.2) is 16.2 Å². The van der Waals surface area contributed by atoms with Gasteiger partial charge in [0.25, 0.3) is 5.89 Å². The predicted octanol–water partition coefficient (Wildman–Crippen LogP) is 4.62. The molecule has 0 N–H and O–H groups in total. The minimum Gasteiger partial charge on any atom is -0.449 e. The van der Waals surface area contributed by atoms with Crippen molar-refractivity contribution in [2.45, 2.75) is 20.0 Å². The average molecular weight is 343 g/mol. The van der Waals surface area contributed by atoms with Crippen molar-refractivity contribution in [3.8, 4) is 11.5 Å². The molecule has 2 aromatic carbocycles. The Balaban J connectivity index is 1.73. The normalized spacial score (nSPS) is 12.0. The fraction of sp³-hybridized carbons (Fsp3) is 0.167. The van der Waals surface area contributed by atoms with Crippen molar-refractivity contribution in [2.24, 2.45) is 0 Å². The Morgan fingerprint density at radius 1 is 1.17 bits per heavy atom. The van der Waals surface area contributed by atoms with Gasteiger partial charge < -0.3 is 9.15 Å². The van der Waals surface area contributed by atoms with Gasteiger partial charge in [-0.05, 0) is 44.2 Å². The Labute approximate surface area is 144 Å². The number of ether oxygens (including phenoxy) is 1. The van der Waals surface area contributed by atoms with Gasteiger partial charge in [0.2, 0.25) is 5.89 Å². The van der Waals surface area contributed by atoms with E-state index in [9.17, 15) is 4.79 Å². The topological polar surface area (TPSA) is 65.2 Å². The number of rotatable bonds is 4. The van der Waals surface area contributed by atoms with Gasteiger partial charge in [0, 0.05) is 10.6 Å². The molecule has 0 radical (unpaired) electrons. The number of benzene rings is 2. The number of esters is 1. The lowest BCUT2D eigenvalue weighted by atomic mass is 10.1. The number of nitrogens with zero attached hydrogens (tertiary/aromatic N) is 2. The van der Waals surface area contributed by atoms with Crippen LogP contribution in [0.2, 0.25) is 5.02 Å². The lowest BCUT2D eigenvalue weighted by Crippen LogP contribution is -2.09. The third-order valence-electron chi connectivity index (χ3n) is 3.43. The van der Waals surface area contributed by atoms with Crippen LogP contribution in [0.5, 0.6) is 0 Å². The van der Waals surface area contributed by atoms with E-state index in [1.165, 1.54) is 0 Å². The molecule has 3 rings (SSSR count). The van der Waals surface area contributed by atoms with Gasteiger partial charge in [0.15, 0.2) is 6.10 Å². The molecule has 5 nitrogen and oxygen atoms in total. The summed E-state index contributed by atoms with van der Waals surface area (Å²) in [6.07, 6.45) is -0.664. The molecule has 3 aromatic rings. The van der Waals surface area contributed by atoms with Crippen LogP contribution in [0.25, 0.3) is 11.5 Å². The zero-order chi connectivity index (χ0) is 17.1. The van der Waals surface area contributed by atoms with Gasteiger partial charge in [-0.2, -0.15) is 0 Å². The molecule has 122 valence electrons. The van der Waals surface area contributed by atoms with Crippen LogP contribution in [-0.2, 0) is 4.74 Å². The minimum atomic E-state index is -0.664. The maximum absolute atomic E-state index is 12.1. The second-order valence-corrected chi connectivity index (χ2v) is 5.81. The summed E-state index contributed by atoms with van der Waals surface area (Å²) in [5, 5.41) is 8.43. The number of aromatic nitrogens is 2. The number of hydrogen-bond acceptors (Lipinski definition) is 5. The van der Waals surface area contributed by atoms with Gasteiger partial charge >= 0.3 is 5.97 Å². The summed E-state index contributed by atoms with van der Waals surface area (Å²) in [7, 11) is 0. The van der Waals surface area contributed by atoms with Crippen LogP contribution < -0.4 is 0 Å². The summed E-state index contributed by atoms with van der Waals surface area (Å²) < 4.78 is 11.0. The van der Waals surface area contributed by atoms with Crippen molar-refractivity contribution < 1.29 is 13.9 Å². The summed E-state index contributed by atoms with van der Waals surface area (Å²) in [5.41, 5.74) is 2.32. The van der Waals surface area contributed by atoms with Gasteiger partial charge in [0.1, 0.15) is 0 Å². The molecule has 6 heteroatoms. The first kappa shape index (κ1) is 16.2. The Kier molecular flexibility index (Phi) is 4.62. The summed E-state index contributed by atoms with van der Waals surface area (Å²) in [4.78, 5) is 12.1. The zero-order valence-electron chi connectivity index (χ0n) is 13.2. The smallest absolute Gasteiger partial charge is 0.338 e. The third-order valence-corrected chi connectivity index (χ3v) is 3.67. The number of aryl methyl sites for hydroxylation is 1. The molecule has 0 aliphatic heterocycles. The Morgan fingerprint density at radius 2 is 1.92 bits per heavy atom. The zero-order valence-corrected chi connectivity index (χ0v) is 13.9. The molecule has 0 fully saturated rings. The molecule has 1 aromatic heterocycles. The maximum Gasteiger partial charge on any atom is 0.338 e. The molecule has 0 spiro atoms. The first-order valence-corrected chi connectivity index (χ1v) is 7.78. The van der Waals surface area contributed by atoms with Gasteiger partial charge in [-0.15, -0.1) is 10.2 Å². The molecule has 0 aliphatic carbocycles. The van der Waals surface area contributed by atoms with Crippen LogP contribution in [0.15, 0.2) is 52.9 Å². The highest BCUT2D eigenvalue weighted by Gasteiger charge is 2.20. The predicted molar refractivity (Wildman–Crippen MR) is 89.8 cm³/mol. The highest BCUT2D eigenvalue weighted by Crippen LogP contribution is 2.23. The molecular weight excluding hydrogens is 328 g/mol. The largest absolute Gasteiger partial charge is 0.449 e. The molecule has 1 heterocycles. The Bertz CT molecular complexity index is 859. The second kappa shape index (κ2) is 6.84. The second-order valence-electron chi connectivity index (χ2n) is 5.37. The van der Waals surface area contributed by atoms with Crippen molar-refractivity contribution in [1.82, 2.24) is 10.2 Å². The SMILES string of the molecule is Cc1ccc(-c2nnc([C@H](C)OC(=O)c3cccc(Cl)c3)o2)cc1. The molecular formula is C18H15ClN2O3.